The highest BCUT2D eigenvalue weighted by atomic mass is 32.1. The van der Waals surface area contributed by atoms with E-state index in [0.717, 1.165) is 202 Å². The number of esters is 2. The first-order valence-electron chi connectivity index (χ1n) is 46.3. The summed E-state index contributed by atoms with van der Waals surface area (Å²) in [7, 11) is 1.93. The Morgan fingerprint density at radius 2 is 1.05 bits per heavy atom. The second-order valence-corrected chi connectivity index (χ2v) is 40.5. The predicted molar refractivity (Wildman–Crippen MR) is 518 cm³/mol. The number of hydrogen-bond acceptors (Lipinski definition) is 22. The molecule has 0 bridgehead atoms. The van der Waals surface area contributed by atoms with Crippen molar-refractivity contribution in [3.8, 4) is 33.8 Å². The minimum atomic E-state index is -0.735. The molecule has 0 radical (unpaired) electrons. The summed E-state index contributed by atoms with van der Waals surface area (Å²) >= 11 is 2.90. The number of rotatable bonds is 23. The number of benzene rings is 7. The number of fused-ring (bicyclic) bond motifs is 5. The zero-order valence-electron chi connectivity index (χ0n) is 76.8. The number of aromatic nitrogens is 6. The molecule has 9 heterocycles. The maximum atomic E-state index is 14.2. The standard InChI is InChI=1S/C62H71N9O6S.C43H46N4O5S/c1-38-43(44-26-28-53(64-56(44)59(75)77-61(2,3)4)69-32-30-40-14-10-16-45(48(40)36-69)57(73)66-60-63-49-17-8-9-19-52(49)78-60)15-11-18-51(38)76-42-23-20-39(21-24-42)13-12-31-71-34-33-70(37-62(71,5)6)41-22-25-46-50(35-41)68(7)67-55(46)47-27-29-54(72)65-58(47)74;1-27-31(12-8-15-36(27)51-30-19-17-28(18-20-30)10-9-25-48)32-21-22-38(45-39(32)41(50)52-43(2,3)4)47-24-23-29-11-7-13-33(34(29)26-47)40(49)46-42-44-35-14-5-6-16-37(35)53-42/h8-11,14-19,22,25-26,28,35,39,42,47H,12-13,20-21,23-24,27,29-34,36-37H2,1-7H3,(H,63,66,73)(H,65,72,74);5-8,11-16,21-22,25,28,30H,9-10,17-20,23-24,26H2,1-4H3,(H,44,46,49). The van der Waals surface area contributed by atoms with Gasteiger partial charge in [0.15, 0.2) is 21.7 Å². The summed E-state index contributed by atoms with van der Waals surface area (Å²) in [6.45, 7) is 26.1. The molecule has 131 heavy (non-hydrogen) atoms. The molecule has 2 aliphatic carbocycles. The van der Waals surface area contributed by atoms with E-state index in [9.17, 15) is 33.6 Å². The third-order valence-electron chi connectivity index (χ3n) is 26.6. The van der Waals surface area contributed by atoms with E-state index in [4.69, 9.17) is 34.0 Å². The maximum Gasteiger partial charge on any atom is 0.358 e. The lowest BCUT2D eigenvalue weighted by molar-refractivity contribution is -0.134. The van der Waals surface area contributed by atoms with Gasteiger partial charge < -0.3 is 38.4 Å². The molecule has 7 aromatic carbocycles. The number of ether oxygens (including phenoxy) is 4. The lowest BCUT2D eigenvalue weighted by Gasteiger charge is -2.48. The Labute approximate surface area is 773 Å². The highest BCUT2D eigenvalue weighted by molar-refractivity contribution is 7.22. The van der Waals surface area contributed by atoms with Crippen molar-refractivity contribution in [3.05, 3.63) is 225 Å². The van der Waals surface area contributed by atoms with Crippen LogP contribution in [0.2, 0.25) is 0 Å². The number of carbonyl (C=O) groups is 7. The number of pyridine rings is 2. The van der Waals surface area contributed by atoms with Gasteiger partial charge in [0.25, 0.3) is 11.8 Å². The van der Waals surface area contributed by atoms with Gasteiger partial charge in [0, 0.05) is 105 Å². The number of carbonyl (C=O) groups excluding carboxylic acids is 7. The first kappa shape index (κ1) is 90.7. The quantitative estimate of drug-likeness (QED) is 0.0305. The average molecular weight is 1800 g/mol. The van der Waals surface area contributed by atoms with Crippen LogP contribution in [0.1, 0.15) is 232 Å². The first-order chi connectivity index (χ1) is 63.0. The van der Waals surface area contributed by atoms with Crippen LogP contribution in [0.15, 0.2) is 164 Å². The number of nitrogens with one attached hydrogen (secondary N) is 3. The van der Waals surface area contributed by atoms with Crippen LogP contribution in [0.5, 0.6) is 11.5 Å². The minimum absolute atomic E-state index is 0.00766. The molecule has 0 spiro atoms. The van der Waals surface area contributed by atoms with Crippen molar-refractivity contribution in [1.29, 1.82) is 0 Å². The van der Waals surface area contributed by atoms with Gasteiger partial charge in [-0.1, -0.05) is 95.5 Å². The van der Waals surface area contributed by atoms with Crippen molar-refractivity contribution in [2.24, 2.45) is 18.9 Å². The topological polar surface area (TPSA) is 275 Å². The van der Waals surface area contributed by atoms with Gasteiger partial charge in [-0.2, -0.15) is 5.10 Å². The molecule has 5 aromatic heterocycles. The zero-order chi connectivity index (χ0) is 91.6. The molecule has 4 amide bonds. The van der Waals surface area contributed by atoms with Gasteiger partial charge in [-0.05, 0) is 313 Å². The van der Waals surface area contributed by atoms with Crippen molar-refractivity contribution >= 4 is 123 Å². The predicted octanol–water partition coefficient (Wildman–Crippen LogP) is 20.5. The number of piperazine rings is 1. The highest BCUT2D eigenvalue weighted by Gasteiger charge is 2.38. The molecule has 12 aromatic rings. The Morgan fingerprint density at radius 3 is 1.53 bits per heavy atom. The van der Waals surface area contributed by atoms with E-state index < -0.39 is 29.1 Å². The molecule has 3 N–H and O–H groups in total. The number of hydrogen-bond donors (Lipinski definition) is 3. The van der Waals surface area contributed by atoms with Crippen molar-refractivity contribution in [2.45, 2.75) is 220 Å². The van der Waals surface area contributed by atoms with E-state index in [1.807, 2.05) is 194 Å². The number of anilines is 5. The summed E-state index contributed by atoms with van der Waals surface area (Å²) in [5, 5.41) is 15.4. The van der Waals surface area contributed by atoms with E-state index in [-0.39, 0.29) is 52.8 Å². The number of amides is 4. The molecule has 18 rings (SSSR count). The number of aldehydes is 1. The van der Waals surface area contributed by atoms with Crippen molar-refractivity contribution < 1.29 is 52.5 Å². The number of thiazole rings is 2. The molecule has 24 nitrogen and oxygen atoms in total. The molecular formula is C105H117N13O11S2. The van der Waals surface area contributed by atoms with Gasteiger partial charge in [0.1, 0.15) is 40.6 Å². The fourth-order valence-corrected chi connectivity index (χ4v) is 21.4. The van der Waals surface area contributed by atoms with Crippen LogP contribution in [0.4, 0.5) is 27.6 Å². The lowest BCUT2D eigenvalue weighted by atomic mass is 9.84. The van der Waals surface area contributed by atoms with Gasteiger partial charge in [0.05, 0.1) is 49.8 Å². The normalized spacial score (nSPS) is 18.8. The maximum absolute atomic E-state index is 14.2. The second-order valence-electron chi connectivity index (χ2n) is 38.4. The number of nitrogens with zero attached hydrogens (tertiary/aromatic N) is 10. The fraction of sp³-hybridized carbons (Fsp3) is 0.410. The Hall–Kier alpha value is -12.3. The van der Waals surface area contributed by atoms with Gasteiger partial charge in [-0.15, -0.1) is 0 Å². The molecule has 4 aliphatic heterocycles. The molecule has 2 saturated carbocycles. The number of piperidine rings is 1. The third kappa shape index (κ3) is 20.7. The fourth-order valence-electron chi connectivity index (χ4n) is 19.7. The highest BCUT2D eigenvalue weighted by Crippen LogP contribution is 2.43. The van der Waals surface area contributed by atoms with Gasteiger partial charge in [-0.3, -0.25) is 44.7 Å². The lowest BCUT2D eigenvalue weighted by Crippen LogP contribution is -2.59. The molecule has 26 heteroatoms. The summed E-state index contributed by atoms with van der Waals surface area (Å²) in [5.41, 5.74) is 13.9. The molecule has 4 fully saturated rings. The molecular weight excluding hydrogens is 1680 g/mol. The molecule has 1 unspecified atom stereocenters. The van der Waals surface area contributed by atoms with Crippen LogP contribution in [0.25, 0.3) is 53.6 Å². The number of imide groups is 1. The van der Waals surface area contributed by atoms with Crippen LogP contribution in [0.3, 0.4) is 0 Å². The molecule has 2 saturated heterocycles. The van der Waals surface area contributed by atoms with Gasteiger partial charge in [-0.25, -0.2) is 29.5 Å². The summed E-state index contributed by atoms with van der Waals surface area (Å²) in [4.78, 5) is 120. The van der Waals surface area contributed by atoms with Gasteiger partial charge >= 0.3 is 11.9 Å². The monoisotopic (exact) mass is 1800 g/mol. The van der Waals surface area contributed by atoms with Crippen molar-refractivity contribution in [1.82, 2.24) is 39.9 Å². The Balaban J connectivity index is 0.000000197. The van der Waals surface area contributed by atoms with E-state index in [1.54, 1.807) is 0 Å². The first-order valence-corrected chi connectivity index (χ1v) is 48.0. The number of aryl methyl sites for hydroxylation is 1. The van der Waals surface area contributed by atoms with Gasteiger partial charge in [0.2, 0.25) is 11.8 Å². The SMILES string of the molecule is Cc1c(OC2CCC(CCC=O)CC2)cccc1-c1ccc(N2CCc3cccc(C(=O)Nc4nc5ccccc5s4)c3C2)nc1C(=O)OC(C)(C)C.Cc1c(OC2CCC(CCCN3CCN(c4ccc5c(C6CCC(=O)NC6=O)nn(C)c5c4)CC3(C)C)CC2)cccc1-c1ccc(N2CCc3cccc(C(=O)Nc4nc5ccccc5s4)c3C2)nc1C(=O)OC(C)(C)C. The summed E-state index contributed by atoms with van der Waals surface area (Å²) in [6.07, 6.45) is 15.7. The minimum Gasteiger partial charge on any atom is -0.490 e. The van der Waals surface area contributed by atoms with Crippen molar-refractivity contribution in [2.75, 3.05) is 64.6 Å². The van der Waals surface area contributed by atoms with Crippen LogP contribution >= 0.6 is 22.7 Å². The van der Waals surface area contributed by atoms with E-state index in [0.29, 0.717) is 108 Å². The van der Waals surface area contributed by atoms with E-state index >= 15 is 0 Å². The largest absolute Gasteiger partial charge is 0.490 e. The molecule has 6 aliphatic rings. The summed E-state index contributed by atoms with van der Waals surface area (Å²) in [6, 6.07) is 53.7. The third-order valence-corrected chi connectivity index (χ3v) is 28.5. The Morgan fingerprint density at radius 1 is 0.542 bits per heavy atom. The van der Waals surface area contributed by atoms with Crippen LogP contribution in [-0.2, 0) is 56.8 Å². The summed E-state index contributed by atoms with van der Waals surface area (Å²) in [5.74, 6) is 1.83. The summed E-state index contributed by atoms with van der Waals surface area (Å²) < 4.78 is 29.2. The van der Waals surface area contributed by atoms with Crippen LogP contribution in [0, 0.1) is 25.7 Å². The van der Waals surface area contributed by atoms with E-state index in [2.05, 4.69) is 96.6 Å². The second kappa shape index (κ2) is 38.7. The Bertz CT molecular complexity index is 6260. The average Bonchev–Trinajstić information content (AvgIpc) is 1.70. The number of para-hydroxylation sites is 2. The van der Waals surface area contributed by atoms with E-state index in [1.165, 1.54) is 29.1 Å². The zero-order valence-corrected chi connectivity index (χ0v) is 78.4. The van der Waals surface area contributed by atoms with Crippen LogP contribution < -0.4 is 40.1 Å². The molecule has 680 valence electrons. The smallest absolute Gasteiger partial charge is 0.358 e. The molecule has 1 atom stereocenters. The van der Waals surface area contributed by atoms with Crippen molar-refractivity contribution in [3.63, 3.8) is 0 Å². The van der Waals surface area contributed by atoms with Crippen LogP contribution in [-0.4, -0.2) is 145 Å². The Kier molecular flexibility index (Phi) is 26.8.